The molecule has 0 aliphatic carbocycles. The molecule has 2 N–H and O–H groups in total. The molecule has 1 aromatic rings. The summed E-state index contributed by atoms with van der Waals surface area (Å²) in [5.74, 6) is 0.0658. The minimum Gasteiger partial charge on any atom is -0.349 e. The molecule has 2 rings (SSSR count). The molecule has 2 unspecified atom stereocenters. The Labute approximate surface area is 135 Å². The van der Waals surface area contributed by atoms with Crippen LogP contribution in [0.25, 0.3) is 0 Å². The second-order valence-electron chi connectivity index (χ2n) is 5.35. The minimum absolute atomic E-state index is 0. The molecule has 0 spiro atoms. The van der Waals surface area contributed by atoms with Crippen LogP contribution in [-0.4, -0.2) is 19.0 Å². The molecular formula is C14H19Cl3N2O. The maximum absolute atomic E-state index is 12.3. The Morgan fingerprint density at radius 1 is 1.45 bits per heavy atom. The summed E-state index contributed by atoms with van der Waals surface area (Å²) in [4.78, 5) is 12.3. The average Bonchev–Trinajstić information content (AvgIpc) is 2.77. The molecule has 20 heavy (non-hydrogen) atoms. The molecule has 3 nitrogen and oxygen atoms in total. The number of hydrogen-bond acceptors (Lipinski definition) is 2. The summed E-state index contributed by atoms with van der Waals surface area (Å²) in [5, 5.41) is 7.43. The Hall–Kier alpha value is -0.480. The maximum Gasteiger partial charge on any atom is 0.227 e. The van der Waals surface area contributed by atoms with Gasteiger partial charge in [-0.05, 0) is 44.5 Å². The van der Waals surface area contributed by atoms with Gasteiger partial charge in [0.25, 0.3) is 0 Å². The highest BCUT2D eigenvalue weighted by Gasteiger charge is 2.36. The topological polar surface area (TPSA) is 41.1 Å². The summed E-state index contributed by atoms with van der Waals surface area (Å²) in [6.07, 6.45) is 0.861. The monoisotopic (exact) mass is 336 g/mol. The number of nitrogens with one attached hydrogen (secondary N) is 2. The van der Waals surface area contributed by atoms with E-state index in [1.807, 2.05) is 19.9 Å². The summed E-state index contributed by atoms with van der Waals surface area (Å²) in [7, 11) is 0. The Morgan fingerprint density at radius 3 is 2.70 bits per heavy atom. The highest BCUT2D eigenvalue weighted by atomic mass is 35.5. The van der Waals surface area contributed by atoms with Crippen molar-refractivity contribution in [2.45, 2.75) is 26.3 Å². The first-order valence-corrected chi connectivity index (χ1v) is 7.14. The first kappa shape index (κ1) is 17.6. The van der Waals surface area contributed by atoms with Crippen LogP contribution in [0.3, 0.4) is 0 Å². The number of benzene rings is 1. The number of carbonyl (C=O) groups is 1. The molecule has 0 radical (unpaired) electrons. The first-order valence-electron chi connectivity index (χ1n) is 6.39. The third-order valence-electron chi connectivity index (χ3n) is 3.69. The number of rotatable bonds is 3. The lowest BCUT2D eigenvalue weighted by molar-refractivity contribution is -0.129. The fourth-order valence-electron chi connectivity index (χ4n) is 2.31. The third-order valence-corrected chi connectivity index (χ3v) is 4.26. The predicted molar refractivity (Wildman–Crippen MR) is 85.9 cm³/mol. The quantitative estimate of drug-likeness (QED) is 0.885. The zero-order chi connectivity index (χ0) is 14.0. The standard InChI is InChI=1S/C14H18Cl2N2O.ClH/c1-9(11-4-3-10(15)7-12(11)16)18-13(19)14(2)5-6-17-8-14;/h3-4,7,9,17H,5-6,8H2,1-2H3,(H,18,19);1H. The van der Waals surface area contributed by atoms with Crippen LogP contribution in [0.1, 0.15) is 31.9 Å². The molecule has 1 saturated heterocycles. The van der Waals surface area contributed by atoms with Gasteiger partial charge < -0.3 is 10.6 Å². The van der Waals surface area contributed by atoms with Gasteiger partial charge in [-0.15, -0.1) is 12.4 Å². The van der Waals surface area contributed by atoms with Crippen molar-refractivity contribution < 1.29 is 4.79 Å². The van der Waals surface area contributed by atoms with Gasteiger partial charge in [-0.2, -0.15) is 0 Å². The maximum atomic E-state index is 12.3. The van der Waals surface area contributed by atoms with Gasteiger partial charge in [-0.25, -0.2) is 0 Å². The predicted octanol–water partition coefficient (Wildman–Crippen LogP) is 3.59. The van der Waals surface area contributed by atoms with Gasteiger partial charge in [0, 0.05) is 16.6 Å². The average molecular weight is 338 g/mol. The lowest BCUT2D eigenvalue weighted by atomic mass is 9.88. The zero-order valence-corrected chi connectivity index (χ0v) is 13.8. The summed E-state index contributed by atoms with van der Waals surface area (Å²) >= 11 is 12.0. The van der Waals surface area contributed by atoms with Crippen molar-refractivity contribution in [3.05, 3.63) is 33.8 Å². The summed E-state index contributed by atoms with van der Waals surface area (Å²) < 4.78 is 0. The van der Waals surface area contributed by atoms with Crippen LogP contribution in [0.5, 0.6) is 0 Å². The molecule has 1 aliphatic rings. The van der Waals surface area contributed by atoms with E-state index in [9.17, 15) is 4.79 Å². The Morgan fingerprint density at radius 2 is 2.15 bits per heavy atom. The summed E-state index contributed by atoms with van der Waals surface area (Å²) in [6, 6.07) is 5.20. The van der Waals surface area contributed by atoms with Gasteiger partial charge in [0.15, 0.2) is 0 Å². The van der Waals surface area contributed by atoms with E-state index in [4.69, 9.17) is 23.2 Å². The lowest BCUT2D eigenvalue weighted by Gasteiger charge is -2.25. The second-order valence-corrected chi connectivity index (χ2v) is 6.19. The second kappa shape index (κ2) is 6.99. The van der Waals surface area contributed by atoms with Crippen LogP contribution >= 0.6 is 35.6 Å². The van der Waals surface area contributed by atoms with Crippen molar-refractivity contribution in [1.29, 1.82) is 0 Å². The van der Waals surface area contributed by atoms with Crippen LogP contribution in [0.15, 0.2) is 18.2 Å². The van der Waals surface area contributed by atoms with E-state index in [2.05, 4.69) is 10.6 Å². The van der Waals surface area contributed by atoms with E-state index in [-0.39, 0.29) is 29.8 Å². The fourth-order valence-corrected chi connectivity index (χ4v) is 2.88. The van der Waals surface area contributed by atoms with E-state index in [0.29, 0.717) is 10.0 Å². The van der Waals surface area contributed by atoms with Crippen molar-refractivity contribution in [2.75, 3.05) is 13.1 Å². The van der Waals surface area contributed by atoms with Crippen LogP contribution < -0.4 is 10.6 Å². The number of amides is 1. The normalized spacial score (nSPS) is 23.0. The van der Waals surface area contributed by atoms with Crippen molar-refractivity contribution in [3.63, 3.8) is 0 Å². The molecule has 1 aliphatic heterocycles. The molecular weight excluding hydrogens is 319 g/mol. The fraction of sp³-hybridized carbons (Fsp3) is 0.500. The van der Waals surface area contributed by atoms with Gasteiger partial charge in [-0.1, -0.05) is 29.3 Å². The number of halogens is 3. The molecule has 1 aromatic carbocycles. The van der Waals surface area contributed by atoms with E-state index >= 15 is 0 Å². The van der Waals surface area contributed by atoms with Gasteiger partial charge in [0.2, 0.25) is 5.91 Å². The van der Waals surface area contributed by atoms with E-state index < -0.39 is 0 Å². The van der Waals surface area contributed by atoms with Crippen molar-refractivity contribution in [2.24, 2.45) is 5.41 Å². The van der Waals surface area contributed by atoms with Gasteiger partial charge in [-0.3, -0.25) is 4.79 Å². The highest BCUT2D eigenvalue weighted by Crippen LogP contribution is 2.29. The molecule has 0 bridgehead atoms. The Balaban J connectivity index is 0.00000200. The lowest BCUT2D eigenvalue weighted by Crippen LogP contribution is -2.41. The molecule has 2 atom stereocenters. The molecule has 1 heterocycles. The molecule has 1 amide bonds. The highest BCUT2D eigenvalue weighted by molar-refractivity contribution is 6.35. The third kappa shape index (κ3) is 3.79. The van der Waals surface area contributed by atoms with Crippen LogP contribution in [0.2, 0.25) is 10.0 Å². The van der Waals surface area contributed by atoms with Crippen molar-refractivity contribution in [1.82, 2.24) is 10.6 Å². The number of carbonyl (C=O) groups excluding carboxylic acids is 1. The first-order chi connectivity index (χ1) is 8.92. The summed E-state index contributed by atoms with van der Waals surface area (Å²) in [5.41, 5.74) is 0.557. The van der Waals surface area contributed by atoms with E-state index in [1.54, 1.807) is 12.1 Å². The van der Waals surface area contributed by atoms with Gasteiger partial charge in [0.05, 0.1) is 11.5 Å². The smallest absolute Gasteiger partial charge is 0.227 e. The van der Waals surface area contributed by atoms with Crippen molar-refractivity contribution >= 4 is 41.5 Å². The number of hydrogen-bond donors (Lipinski definition) is 2. The summed E-state index contributed by atoms with van der Waals surface area (Å²) in [6.45, 7) is 5.52. The SMILES string of the molecule is CC(NC(=O)C1(C)CCNC1)c1ccc(Cl)cc1Cl.Cl. The molecule has 1 fully saturated rings. The largest absolute Gasteiger partial charge is 0.349 e. The van der Waals surface area contributed by atoms with Crippen LogP contribution in [0.4, 0.5) is 0 Å². The molecule has 0 saturated carbocycles. The van der Waals surface area contributed by atoms with Gasteiger partial charge >= 0.3 is 0 Å². The zero-order valence-electron chi connectivity index (χ0n) is 11.5. The van der Waals surface area contributed by atoms with Crippen LogP contribution in [0, 0.1) is 5.41 Å². The minimum atomic E-state index is -0.326. The molecule has 0 aromatic heterocycles. The van der Waals surface area contributed by atoms with Crippen LogP contribution in [-0.2, 0) is 4.79 Å². The van der Waals surface area contributed by atoms with E-state index in [1.165, 1.54) is 0 Å². The van der Waals surface area contributed by atoms with E-state index in [0.717, 1.165) is 25.1 Å². The Kier molecular flexibility index (Phi) is 6.14. The van der Waals surface area contributed by atoms with Crippen molar-refractivity contribution in [3.8, 4) is 0 Å². The molecule has 6 heteroatoms. The van der Waals surface area contributed by atoms with Gasteiger partial charge in [0.1, 0.15) is 0 Å². The Bertz CT molecular complexity index is 487. The molecule has 112 valence electrons.